The highest BCUT2D eigenvalue weighted by Crippen LogP contribution is 2.12. The maximum Gasteiger partial charge on any atom is 0.188 e. The third-order valence-electron chi connectivity index (χ3n) is 2.98. The number of ether oxygens (including phenoxy) is 1. The van der Waals surface area contributed by atoms with Gasteiger partial charge in [-0.3, -0.25) is 9.88 Å². The lowest BCUT2D eigenvalue weighted by Crippen LogP contribution is -2.25. The summed E-state index contributed by atoms with van der Waals surface area (Å²) in [5, 5.41) is 11.5. The van der Waals surface area contributed by atoms with E-state index in [4.69, 9.17) is 15.7 Å². The Hall–Kier alpha value is -1.82. The van der Waals surface area contributed by atoms with E-state index < -0.39 is 0 Å². The summed E-state index contributed by atoms with van der Waals surface area (Å²) in [7, 11) is 0. The number of oxime groups is 1. The predicted octanol–water partition coefficient (Wildman–Crippen LogP) is 0.651. The predicted molar refractivity (Wildman–Crippen MR) is 67.9 cm³/mol. The zero-order valence-electron chi connectivity index (χ0n) is 10.2. The number of nitrogens with two attached hydrogens (primary N) is 1. The topological polar surface area (TPSA) is 84.0 Å². The molecule has 1 aliphatic heterocycles. The summed E-state index contributed by atoms with van der Waals surface area (Å²) >= 11 is 0. The number of amidine groups is 1. The third kappa shape index (κ3) is 3.33. The van der Waals surface area contributed by atoms with E-state index in [-0.39, 0.29) is 5.84 Å². The van der Waals surface area contributed by atoms with Gasteiger partial charge >= 0.3 is 0 Å². The van der Waals surface area contributed by atoms with Crippen LogP contribution in [0.15, 0.2) is 23.5 Å². The molecule has 0 aromatic carbocycles. The number of nitrogens with zero attached hydrogens (tertiary/aromatic N) is 3. The van der Waals surface area contributed by atoms with Gasteiger partial charge < -0.3 is 15.7 Å². The fourth-order valence-electron chi connectivity index (χ4n) is 1.99. The van der Waals surface area contributed by atoms with Crippen molar-refractivity contribution in [3.8, 4) is 5.75 Å². The molecule has 0 atom stereocenters. The molecule has 0 amide bonds. The lowest BCUT2D eigenvalue weighted by Gasteiger charge is -2.14. The average Bonchev–Trinajstić information content (AvgIpc) is 2.91. The van der Waals surface area contributed by atoms with Crippen molar-refractivity contribution in [2.45, 2.75) is 12.8 Å². The molecule has 0 bridgehead atoms. The molecule has 18 heavy (non-hydrogen) atoms. The highest BCUT2D eigenvalue weighted by Gasteiger charge is 2.11. The summed E-state index contributed by atoms with van der Waals surface area (Å²) in [5.74, 6) is 0.672. The molecule has 2 rings (SSSR count). The molecule has 6 nitrogen and oxygen atoms in total. The Morgan fingerprint density at radius 1 is 1.50 bits per heavy atom. The van der Waals surface area contributed by atoms with Crippen LogP contribution in [0.3, 0.4) is 0 Å². The van der Waals surface area contributed by atoms with Gasteiger partial charge in [0.25, 0.3) is 0 Å². The first-order valence-corrected chi connectivity index (χ1v) is 6.08. The van der Waals surface area contributed by atoms with E-state index in [0.29, 0.717) is 18.1 Å². The minimum atomic E-state index is -0.0139. The standard InChI is InChI=1S/C12H18N4O2/c13-12(15-17)11-9-10(3-4-14-11)18-8-7-16-5-1-2-6-16/h3-4,9,17H,1-2,5-8H2,(H2,13,15). The van der Waals surface area contributed by atoms with E-state index in [1.807, 2.05) is 0 Å². The van der Waals surface area contributed by atoms with Gasteiger partial charge in [-0.15, -0.1) is 0 Å². The molecule has 1 aromatic heterocycles. The van der Waals surface area contributed by atoms with Gasteiger partial charge in [-0.25, -0.2) is 0 Å². The van der Waals surface area contributed by atoms with Crippen molar-refractivity contribution in [2.75, 3.05) is 26.2 Å². The third-order valence-corrected chi connectivity index (χ3v) is 2.98. The Balaban J connectivity index is 1.85. The summed E-state index contributed by atoms with van der Waals surface area (Å²) in [5.41, 5.74) is 5.88. The van der Waals surface area contributed by atoms with Gasteiger partial charge in [0.2, 0.25) is 0 Å². The number of likely N-dealkylation sites (tertiary alicyclic amines) is 1. The summed E-state index contributed by atoms with van der Waals surface area (Å²) in [6, 6.07) is 3.43. The normalized spacial score (nSPS) is 17.0. The zero-order chi connectivity index (χ0) is 12.8. The molecule has 1 saturated heterocycles. The van der Waals surface area contributed by atoms with Crippen LogP contribution in [-0.2, 0) is 0 Å². The van der Waals surface area contributed by atoms with E-state index in [2.05, 4.69) is 15.0 Å². The quantitative estimate of drug-likeness (QED) is 0.347. The van der Waals surface area contributed by atoms with Crippen molar-refractivity contribution < 1.29 is 9.94 Å². The maximum atomic E-state index is 8.57. The fraction of sp³-hybridized carbons (Fsp3) is 0.500. The van der Waals surface area contributed by atoms with Crippen molar-refractivity contribution in [1.82, 2.24) is 9.88 Å². The highest BCUT2D eigenvalue weighted by atomic mass is 16.5. The Morgan fingerprint density at radius 2 is 2.28 bits per heavy atom. The van der Waals surface area contributed by atoms with Crippen molar-refractivity contribution >= 4 is 5.84 Å². The van der Waals surface area contributed by atoms with E-state index in [1.54, 1.807) is 18.3 Å². The second-order valence-corrected chi connectivity index (χ2v) is 4.26. The first-order chi connectivity index (χ1) is 8.79. The van der Waals surface area contributed by atoms with Crippen LogP contribution in [-0.4, -0.2) is 47.2 Å². The van der Waals surface area contributed by atoms with Gasteiger partial charge in [-0.2, -0.15) is 0 Å². The van der Waals surface area contributed by atoms with Crippen LogP contribution in [0.4, 0.5) is 0 Å². The molecule has 0 unspecified atom stereocenters. The lowest BCUT2D eigenvalue weighted by molar-refractivity contribution is 0.237. The van der Waals surface area contributed by atoms with Crippen molar-refractivity contribution in [3.05, 3.63) is 24.0 Å². The molecule has 1 fully saturated rings. The summed E-state index contributed by atoms with van der Waals surface area (Å²) in [6.07, 6.45) is 4.14. The van der Waals surface area contributed by atoms with Gasteiger partial charge in [0.1, 0.15) is 18.1 Å². The largest absolute Gasteiger partial charge is 0.492 e. The maximum absolute atomic E-state index is 8.57. The summed E-state index contributed by atoms with van der Waals surface area (Å²) in [4.78, 5) is 6.37. The van der Waals surface area contributed by atoms with Crippen molar-refractivity contribution in [2.24, 2.45) is 10.9 Å². The van der Waals surface area contributed by atoms with Crippen LogP contribution in [0.25, 0.3) is 0 Å². The Labute approximate surface area is 106 Å². The minimum absolute atomic E-state index is 0.0139. The minimum Gasteiger partial charge on any atom is -0.492 e. The summed E-state index contributed by atoms with van der Waals surface area (Å²) in [6.45, 7) is 3.89. The van der Waals surface area contributed by atoms with E-state index >= 15 is 0 Å². The molecule has 0 aliphatic carbocycles. The average molecular weight is 250 g/mol. The molecule has 98 valence electrons. The van der Waals surface area contributed by atoms with Gasteiger partial charge in [0.15, 0.2) is 5.84 Å². The van der Waals surface area contributed by atoms with E-state index in [0.717, 1.165) is 19.6 Å². The fourth-order valence-corrected chi connectivity index (χ4v) is 1.99. The van der Waals surface area contributed by atoms with Crippen LogP contribution in [0.5, 0.6) is 5.75 Å². The molecule has 2 heterocycles. The summed E-state index contributed by atoms with van der Waals surface area (Å²) < 4.78 is 5.63. The number of hydrogen-bond donors (Lipinski definition) is 2. The second-order valence-electron chi connectivity index (χ2n) is 4.26. The molecule has 1 aliphatic rings. The van der Waals surface area contributed by atoms with Crippen LogP contribution in [0, 0.1) is 0 Å². The SMILES string of the molecule is NC(=NO)c1cc(OCCN2CCCC2)ccn1. The molecule has 1 aromatic rings. The molecule has 6 heteroatoms. The van der Waals surface area contributed by atoms with E-state index in [9.17, 15) is 0 Å². The monoisotopic (exact) mass is 250 g/mol. The Kier molecular flexibility index (Phi) is 4.35. The first-order valence-electron chi connectivity index (χ1n) is 6.08. The Bertz CT molecular complexity index is 416. The molecule has 3 N–H and O–H groups in total. The number of rotatable bonds is 5. The molecule has 0 saturated carbocycles. The van der Waals surface area contributed by atoms with Gasteiger partial charge in [0.05, 0.1) is 0 Å². The first kappa shape index (κ1) is 12.6. The Morgan fingerprint density at radius 3 is 3.00 bits per heavy atom. The van der Waals surface area contributed by atoms with Crippen molar-refractivity contribution in [3.63, 3.8) is 0 Å². The van der Waals surface area contributed by atoms with E-state index in [1.165, 1.54) is 12.8 Å². The van der Waals surface area contributed by atoms with Crippen LogP contribution >= 0.6 is 0 Å². The molecular formula is C12H18N4O2. The smallest absolute Gasteiger partial charge is 0.188 e. The second kappa shape index (κ2) is 6.20. The number of hydrogen-bond acceptors (Lipinski definition) is 5. The highest BCUT2D eigenvalue weighted by molar-refractivity contribution is 5.95. The van der Waals surface area contributed by atoms with Crippen LogP contribution in [0.1, 0.15) is 18.5 Å². The molecule has 0 spiro atoms. The van der Waals surface area contributed by atoms with Gasteiger partial charge in [0, 0.05) is 18.8 Å². The number of aromatic nitrogens is 1. The van der Waals surface area contributed by atoms with Gasteiger partial charge in [-0.05, 0) is 32.0 Å². The van der Waals surface area contributed by atoms with Crippen molar-refractivity contribution in [1.29, 1.82) is 0 Å². The lowest BCUT2D eigenvalue weighted by atomic mass is 10.3. The van der Waals surface area contributed by atoms with Gasteiger partial charge in [-0.1, -0.05) is 5.16 Å². The number of pyridine rings is 1. The van der Waals surface area contributed by atoms with Crippen LogP contribution < -0.4 is 10.5 Å². The zero-order valence-corrected chi connectivity index (χ0v) is 10.2. The molecule has 0 radical (unpaired) electrons. The van der Waals surface area contributed by atoms with Crippen LogP contribution in [0.2, 0.25) is 0 Å². The molecular weight excluding hydrogens is 232 g/mol.